The average molecular weight is 472 g/mol. The summed E-state index contributed by atoms with van der Waals surface area (Å²) in [5, 5.41) is 5.77. The van der Waals surface area contributed by atoms with Gasteiger partial charge in [0.15, 0.2) is 5.82 Å². The zero-order valence-electron chi connectivity index (χ0n) is 19.9. The van der Waals surface area contributed by atoms with Crippen molar-refractivity contribution < 1.29 is 23.1 Å². The van der Waals surface area contributed by atoms with Crippen LogP contribution in [0.4, 0.5) is 13.6 Å². The predicted molar refractivity (Wildman–Crippen MR) is 129 cm³/mol. The van der Waals surface area contributed by atoms with Gasteiger partial charge < -0.3 is 20.4 Å². The van der Waals surface area contributed by atoms with Gasteiger partial charge in [-0.15, -0.1) is 0 Å². The molecule has 1 aromatic heterocycles. The Labute approximate surface area is 198 Å². The summed E-state index contributed by atoms with van der Waals surface area (Å²) in [6, 6.07) is 10.7. The maximum Gasteiger partial charge on any atom is 0.407 e. The second-order valence-electron chi connectivity index (χ2n) is 9.28. The molecule has 3 rings (SSSR count). The smallest absolute Gasteiger partial charge is 0.407 e. The van der Waals surface area contributed by atoms with Crippen LogP contribution in [-0.2, 0) is 4.74 Å². The standard InChI is InChI=1S/C26H31F2N3O3/c1-5-6-7-19(30-25(33)34-26(2,3)4)15-29-24(32)23-22(28)20-13-10-17(14-21(20)31-23)16-8-11-18(27)12-9-16/h8-14,19,31H,5-7,15H2,1-4H3,(H,29,32)(H,30,33)/t19-/m0/s1. The van der Waals surface area contributed by atoms with Crippen LogP contribution < -0.4 is 10.6 Å². The third kappa shape index (κ3) is 6.56. The molecule has 0 aliphatic carbocycles. The Morgan fingerprint density at radius 1 is 1.06 bits per heavy atom. The second kappa shape index (κ2) is 10.7. The van der Waals surface area contributed by atoms with Crippen molar-refractivity contribution in [2.75, 3.05) is 6.54 Å². The molecule has 1 atom stereocenters. The lowest BCUT2D eigenvalue weighted by atomic mass is 10.0. The topological polar surface area (TPSA) is 83.2 Å². The summed E-state index contributed by atoms with van der Waals surface area (Å²) < 4.78 is 33.5. The zero-order chi connectivity index (χ0) is 24.9. The van der Waals surface area contributed by atoms with Gasteiger partial charge in [0.25, 0.3) is 5.91 Å². The number of hydrogen-bond acceptors (Lipinski definition) is 3. The molecule has 6 nitrogen and oxygen atoms in total. The number of rotatable bonds is 8. The number of carbonyl (C=O) groups is 2. The van der Waals surface area contributed by atoms with E-state index in [0.717, 1.165) is 24.0 Å². The number of ether oxygens (including phenoxy) is 1. The number of benzene rings is 2. The van der Waals surface area contributed by atoms with Crippen molar-refractivity contribution in [1.82, 2.24) is 15.6 Å². The SMILES string of the molecule is CCCC[C@@H](CNC(=O)c1[nH]c2cc(-c3ccc(F)cc3)ccc2c1F)NC(=O)OC(C)(C)C. The highest BCUT2D eigenvalue weighted by Crippen LogP contribution is 2.27. The van der Waals surface area contributed by atoms with Gasteiger partial charge in [-0.2, -0.15) is 0 Å². The van der Waals surface area contributed by atoms with E-state index in [4.69, 9.17) is 4.74 Å². The fourth-order valence-electron chi connectivity index (χ4n) is 3.60. The van der Waals surface area contributed by atoms with Gasteiger partial charge >= 0.3 is 6.09 Å². The maximum absolute atomic E-state index is 15.0. The molecular weight excluding hydrogens is 440 g/mol. The molecule has 1 heterocycles. The first-order valence-electron chi connectivity index (χ1n) is 11.4. The lowest BCUT2D eigenvalue weighted by molar-refractivity contribution is 0.0498. The maximum atomic E-state index is 15.0. The van der Waals surface area contributed by atoms with Gasteiger partial charge in [0.2, 0.25) is 0 Å². The molecule has 0 aliphatic heterocycles. The summed E-state index contributed by atoms with van der Waals surface area (Å²) >= 11 is 0. The number of alkyl carbamates (subject to hydrolysis) is 1. The Morgan fingerprint density at radius 3 is 2.38 bits per heavy atom. The summed E-state index contributed by atoms with van der Waals surface area (Å²) in [7, 11) is 0. The molecular formula is C26H31F2N3O3. The fourth-order valence-corrected chi connectivity index (χ4v) is 3.60. The van der Waals surface area contributed by atoms with Crippen molar-refractivity contribution in [3.63, 3.8) is 0 Å². The second-order valence-corrected chi connectivity index (χ2v) is 9.28. The lowest BCUT2D eigenvalue weighted by Gasteiger charge is -2.24. The Kier molecular flexibility index (Phi) is 7.91. The van der Waals surface area contributed by atoms with Crippen LogP contribution in [0.15, 0.2) is 42.5 Å². The van der Waals surface area contributed by atoms with Gasteiger partial charge in [0.1, 0.15) is 17.1 Å². The van der Waals surface area contributed by atoms with Gasteiger partial charge in [-0.3, -0.25) is 4.79 Å². The van der Waals surface area contributed by atoms with E-state index in [9.17, 15) is 18.4 Å². The normalized spacial score (nSPS) is 12.4. The van der Waals surface area contributed by atoms with Crippen molar-refractivity contribution in [1.29, 1.82) is 0 Å². The summed E-state index contributed by atoms with van der Waals surface area (Å²) in [5.41, 5.74) is 1.18. The number of H-pyrrole nitrogens is 1. The summed E-state index contributed by atoms with van der Waals surface area (Å²) in [6.45, 7) is 7.48. The fraction of sp³-hybridized carbons (Fsp3) is 0.385. The highest BCUT2D eigenvalue weighted by molar-refractivity contribution is 5.99. The van der Waals surface area contributed by atoms with E-state index in [0.29, 0.717) is 11.9 Å². The third-order valence-electron chi connectivity index (χ3n) is 5.28. The van der Waals surface area contributed by atoms with Crippen molar-refractivity contribution in [2.45, 2.75) is 58.6 Å². The van der Waals surface area contributed by atoms with Gasteiger partial charge in [-0.05, 0) is 62.6 Å². The van der Waals surface area contributed by atoms with Crippen LogP contribution in [0.1, 0.15) is 57.4 Å². The lowest BCUT2D eigenvalue weighted by Crippen LogP contribution is -2.45. The van der Waals surface area contributed by atoms with Crippen LogP contribution in [0.3, 0.4) is 0 Å². The van der Waals surface area contributed by atoms with Crippen molar-refractivity contribution >= 4 is 22.9 Å². The first-order valence-corrected chi connectivity index (χ1v) is 11.4. The van der Waals surface area contributed by atoms with Crippen molar-refractivity contribution in [3.8, 4) is 11.1 Å². The molecule has 0 unspecified atom stereocenters. The first-order chi connectivity index (χ1) is 16.1. The van der Waals surface area contributed by atoms with Gasteiger partial charge in [-0.25, -0.2) is 13.6 Å². The molecule has 34 heavy (non-hydrogen) atoms. The van der Waals surface area contributed by atoms with E-state index in [1.54, 1.807) is 51.1 Å². The molecule has 0 fully saturated rings. The van der Waals surface area contributed by atoms with Crippen LogP contribution >= 0.6 is 0 Å². The number of aromatic nitrogens is 1. The summed E-state index contributed by atoms with van der Waals surface area (Å²) in [4.78, 5) is 27.8. The highest BCUT2D eigenvalue weighted by Gasteiger charge is 2.22. The van der Waals surface area contributed by atoms with E-state index in [2.05, 4.69) is 15.6 Å². The van der Waals surface area contributed by atoms with Crippen molar-refractivity contribution in [2.24, 2.45) is 0 Å². The molecule has 0 bridgehead atoms. The minimum atomic E-state index is -0.650. The number of amides is 2. The molecule has 0 saturated heterocycles. The van der Waals surface area contributed by atoms with Gasteiger partial charge in [-0.1, -0.05) is 38.0 Å². The molecule has 0 saturated carbocycles. The van der Waals surface area contributed by atoms with Crippen LogP contribution in [0.5, 0.6) is 0 Å². The van der Waals surface area contributed by atoms with Crippen molar-refractivity contribution in [3.05, 3.63) is 59.8 Å². The summed E-state index contributed by atoms with van der Waals surface area (Å²) in [6.07, 6.45) is 1.86. The molecule has 0 aliphatic rings. The number of nitrogens with one attached hydrogen (secondary N) is 3. The Bertz CT molecular complexity index is 1150. The van der Waals surface area contributed by atoms with E-state index in [-0.39, 0.29) is 29.5 Å². The quantitative estimate of drug-likeness (QED) is 0.381. The molecule has 3 aromatic rings. The molecule has 8 heteroatoms. The van der Waals surface area contributed by atoms with Crippen LogP contribution in [0, 0.1) is 11.6 Å². The van der Waals surface area contributed by atoms with E-state index >= 15 is 0 Å². The zero-order valence-corrected chi connectivity index (χ0v) is 19.9. The minimum Gasteiger partial charge on any atom is -0.444 e. The van der Waals surface area contributed by atoms with E-state index < -0.39 is 23.4 Å². The number of hydrogen-bond donors (Lipinski definition) is 3. The molecule has 182 valence electrons. The van der Waals surface area contributed by atoms with Gasteiger partial charge in [0.05, 0.1) is 0 Å². The number of carbonyl (C=O) groups excluding carboxylic acids is 2. The minimum absolute atomic E-state index is 0.133. The Balaban J connectivity index is 1.72. The predicted octanol–water partition coefficient (Wildman–Crippen LogP) is 5.93. The number of fused-ring (bicyclic) bond motifs is 1. The van der Waals surface area contributed by atoms with Crippen LogP contribution in [0.25, 0.3) is 22.0 Å². The summed E-state index contributed by atoms with van der Waals surface area (Å²) in [5.74, 6) is -1.60. The number of aromatic amines is 1. The van der Waals surface area contributed by atoms with E-state index in [1.165, 1.54) is 12.1 Å². The third-order valence-corrected chi connectivity index (χ3v) is 5.28. The van der Waals surface area contributed by atoms with Gasteiger partial charge in [0, 0.05) is 23.5 Å². The molecule has 3 N–H and O–H groups in total. The highest BCUT2D eigenvalue weighted by atomic mass is 19.1. The number of unbranched alkanes of at least 4 members (excludes halogenated alkanes) is 1. The average Bonchev–Trinajstić information content (AvgIpc) is 3.10. The monoisotopic (exact) mass is 471 g/mol. The van der Waals surface area contributed by atoms with Crippen LogP contribution in [-0.4, -0.2) is 35.2 Å². The Hall–Kier alpha value is -3.42. The van der Waals surface area contributed by atoms with E-state index in [1.807, 2.05) is 6.92 Å². The molecule has 2 amide bonds. The molecule has 0 radical (unpaired) electrons. The van der Waals surface area contributed by atoms with Crippen LogP contribution in [0.2, 0.25) is 0 Å². The molecule has 2 aromatic carbocycles. The number of halogens is 2. The molecule has 0 spiro atoms. The Morgan fingerprint density at radius 2 is 1.74 bits per heavy atom. The first kappa shape index (κ1) is 25.2. The largest absolute Gasteiger partial charge is 0.444 e.